The third-order valence-electron chi connectivity index (χ3n) is 7.31. The third-order valence-corrected chi connectivity index (χ3v) is 7.31. The van der Waals surface area contributed by atoms with Crippen molar-refractivity contribution in [1.29, 1.82) is 0 Å². The van der Waals surface area contributed by atoms with E-state index < -0.39 is 0 Å². The van der Waals surface area contributed by atoms with Crippen LogP contribution in [0.15, 0.2) is 42.0 Å². The van der Waals surface area contributed by atoms with E-state index in [-0.39, 0.29) is 5.41 Å². The van der Waals surface area contributed by atoms with Crippen LogP contribution in [-0.4, -0.2) is 0 Å². The summed E-state index contributed by atoms with van der Waals surface area (Å²) >= 11 is 0. The molecule has 0 bridgehead atoms. The second-order valence-corrected chi connectivity index (χ2v) is 9.51. The average Bonchev–Trinajstić information content (AvgIpc) is 3.22. The molecule has 0 N–H and O–H groups in total. The van der Waals surface area contributed by atoms with Gasteiger partial charge in [-0.2, -0.15) is 0 Å². The van der Waals surface area contributed by atoms with E-state index in [1.165, 1.54) is 86.5 Å². The molecule has 0 aliphatic heterocycles. The standard InChI is InChI=1S/C29H38/c1-4-6-8-12-16-29(17-13-9-7-5-2)27-15-11-10-14-25(27)26-20-23-18-22(3)19-24(23)21-28(26)29/h10-11,14-15,18,20-21H,4-9,12-13,16-17,19H2,1-3H3. The first-order valence-electron chi connectivity index (χ1n) is 12.1. The number of fused-ring (bicyclic) bond motifs is 4. The number of benzene rings is 2. The molecule has 0 atom stereocenters. The molecule has 0 saturated heterocycles. The van der Waals surface area contributed by atoms with Gasteiger partial charge in [-0.05, 0) is 65.6 Å². The summed E-state index contributed by atoms with van der Waals surface area (Å²) in [7, 11) is 0. The molecule has 0 amide bonds. The van der Waals surface area contributed by atoms with Crippen LogP contribution in [0.3, 0.4) is 0 Å². The zero-order chi connectivity index (χ0) is 20.3. The molecule has 2 aliphatic rings. The predicted molar refractivity (Wildman–Crippen MR) is 128 cm³/mol. The van der Waals surface area contributed by atoms with E-state index in [2.05, 4.69) is 63.2 Å². The maximum atomic E-state index is 2.61. The van der Waals surface area contributed by atoms with Crippen molar-refractivity contribution in [3.63, 3.8) is 0 Å². The van der Waals surface area contributed by atoms with Crippen LogP contribution in [0, 0.1) is 0 Å². The first kappa shape index (κ1) is 20.5. The summed E-state index contributed by atoms with van der Waals surface area (Å²) in [5, 5.41) is 0. The molecule has 154 valence electrons. The minimum absolute atomic E-state index is 0.235. The van der Waals surface area contributed by atoms with Crippen LogP contribution in [0.25, 0.3) is 17.2 Å². The first-order chi connectivity index (χ1) is 14.2. The molecule has 4 rings (SSSR count). The fraction of sp³-hybridized carbons (Fsp3) is 0.517. The van der Waals surface area contributed by atoms with E-state index >= 15 is 0 Å². The fourth-order valence-electron chi connectivity index (χ4n) is 5.84. The Morgan fingerprint density at radius 3 is 2.14 bits per heavy atom. The molecule has 0 radical (unpaired) electrons. The molecule has 0 spiro atoms. The normalized spacial score (nSPS) is 15.8. The van der Waals surface area contributed by atoms with Crippen molar-refractivity contribution < 1.29 is 0 Å². The topological polar surface area (TPSA) is 0 Å². The Kier molecular flexibility index (Phi) is 6.28. The summed E-state index contributed by atoms with van der Waals surface area (Å²) in [5.74, 6) is 0. The average molecular weight is 387 g/mol. The smallest absolute Gasteiger partial charge is 0.0215 e. The number of unbranched alkanes of at least 4 members (excludes halogenated alkanes) is 6. The maximum Gasteiger partial charge on any atom is 0.0215 e. The molecule has 0 heteroatoms. The van der Waals surface area contributed by atoms with E-state index in [1.54, 1.807) is 16.7 Å². The van der Waals surface area contributed by atoms with Crippen molar-refractivity contribution in [3.8, 4) is 11.1 Å². The Balaban J connectivity index is 1.76. The van der Waals surface area contributed by atoms with E-state index in [4.69, 9.17) is 0 Å². The lowest BCUT2D eigenvalue weighted by molar-refractivity contribution is 0.401. The summed E-state index contributed by atoms with van der Waals surface area (Å²) in [6.07, 6.45) is 17.0. The van der Waals surface area contributed by atoms with Gasteiger partial charge in [0.1, 0.15) is 0 Å². The summed E-state index contributed by atoms with van der Waals surface area (Å²) in [6, 6.07) is 14.5. The second-order valence-electron chi connectivity index (χ2n) is 9.51. The van der Waals surface area contributed by atoms with E-state index in [1.807, 2.05) is 0 Å². The number of hydrogen-bond acceptors (Lipinski definition) is 0. The van der Waals surface area contributed by atoms with Crippen molar-refractivity contribution in [2.45, 2.75) is 96.8 Å². The second kappa shape index (κ2) is 8.90. The number of hydrogen-bond donors (Lipinski definition) is 0. The Hall–Kier alpha value is -1.82. The number of allylic oxidation sites excluding steroid dienone is 1. The van der Waals surface area contributed by atoms with Crippen molar-refractivity contribution in [1.82, 2.24) is 0 Å². The zero-order valence-electron chi connectivity index (χ0n) is 18.8. The SMILES string of the molecule is CCCCCCC1(CCCCCC)c2ccccc2-c2cc3c(cc21)CC(C)=C3. The van der Waals surface area contributed by atoms with Crippen LogP contribution in [0.4, 0.5) is 0 Å². The van der Waals surface area contributed by atoms with Crippen molar-refractivity contribution in [2.24, 2.45) is 0 Å². The van der Waals surface area contributed by atoms with Gasteiger partial charge in [0.2, 0.25) is 0 Å². The summed E-state index contributed by atoms with van der Waals surface area (Å²) in [6.45, 7) is 6.92. The molecule has 0 aromatic heterocycles. The number of rotatable bonds is 10. The fourth-order valence-corrected chi connectivity index (χ4v) is 5.84. The summed E-state index contributed by atoms with van der Waals surface area (Å²) in [4.78, 5) is 0. The highest BCUT2D eigenvalue weighted by Gasteiger charge is 2.42. The maximum absolute atomic E-state index is 2.61. The molecule has 2 aromatic rings. The molecule has 0 fully saturated rings. The van der Waals surface area contributed by atoms with Crippen molar-refractivity contribution in [2.75, 3.05) is 0 Å². The van der Waals surface area contributed by atoms with Crippen molar-refractivity contribution >= 4 is 6.08 Å². The lowest BCUT2D eigenvalue weighted by Crippen LogP contribution is -2.25. The van der Waals surface area contributed by atoms with Gasteiger partial charge in [-0.3, -0.25) is 0 Å². The van der Waals surface area contributed by atoms with E-state index in [0.29, 0.717) is 0 Å². The van der Waals surface area contributed by atoms with Gasteiger partial charge in [0, 0.05) is 5.41 Å². The largest absolute Gasteiger partial charge is 0.0683 e. The highest BCUT2D eigenvalue weighted by atomic mass is 14.5. The Labute approximate surface area is 178 Å². The van der Waals surface area contributed by atoms with E-state index in [0.717, 1.165) is 6.42 Å². The minimum atomic E-state index is 0.235. The van der Waals surface area contributed by atoms with Gasteiger partial charge in [0.05, 0.1) is 0 Å². The predicted octanol–water partition coefficient (Wildman–Crippen LogP) is 8.85. The quantitative estimate of drug-likeness (QED) is 0.358. The molecular weight excluding hydrogens is 348 g/mol. The monoisotopic (exact) mass is 386 g/mol. The summed E-state index contributed by atoms with van der Waals surface area (Å²) < 4.78 is 0. The van der Waals surface area contributed by atoms with Crippen LogP contribution in [0.1, 0.15) is 107 Å². The highest BCUT2D eigenvalue weighted by Crippen LogP contribution is 2.55. The van der Waals surface area contributed by atoms with Crippen LogP contribution in [0.5, 0.6) is 0 Å². The molecule has 0 unspecified atom stereocenters. The lowest BCUT2D eigenvalue weighted by atomic mass is 9.70. The first-order valence-corrected chi connectivity index (χ1v) is 12.1. The van der Waals surface area contributed by atoms with Crippen LogP contribution >= 0.6 is 0 Å². The van der Waals surface area contributed by atoms with Crippen LogP contribution < -0.4 is 0 Å². The Morgan fingerprint density at radius 2 is 1.45 bits per heavy atom. The molecule has 0 heterocycles. The van der Waals surface area contributed by atoms with Gasteiger partial charge >= 0.3 is 0 Å². The van der Waals surface area contributed by atoms with Crippen molar-refractivity contribution in [3.05, 3.63) is 64.2 Å². The van der Waals surface area contributed by atoms with Gasteiger partial charge in [0.15, 0.2) is 0 Å². The van der Waals surface area contributed by atoms with Gasteiger partial charge in [0.25, 0.3) is 0 Å². The van der Waals surface area contributed by atoms with Gasteiger partial charge in [-0.1, -0.05) is 107 Å². The molecule has 29 heavy (non-hydrogen) atoms. The Bertz CT molecular complexity index is 871. The molecular formula is C29H38. The minimum Gasteiger partial charge on any atom is -0.0683 e. The van der Waals surface area contributed by atoms with Gasteiger partial charge in [-0.15, -0.1) is 0 Å². The zero-order valence-corrected chi connectivity index (χ0v) is 18.8. The molecule has 2 aliphatic carbocycles. The lowest BCUT2D eigenvalue weighted by Gasteiger charge is -2.33. The Morgan fingerprint density at radius 1 is 0.759 bits per heavy atom. The third kappa shape index (κ3) is 3.83. The molecule has 2 aromatic carbocycles. The summed E-state index contributed by atoms with van der Waals surface area (Å²) in [5.41, 5.74) is 11.1. The van der Waals surface area contributed by atoms with Gasteiger partial charge < -0.3 is 0 Å². The highest BCUT2D eigenvalue weighted by molar-refractivity contribution is 5.84. The van der Waals surface area contributed by atoms with Gasteiger partial charge in [-0.25, -0.2) is 0 Å². The van der Waals surface area contributed by atoms with Crippen LogP contribution in [0.2, 0.25) is 0 Å². The van der Waals surface area contributed by atoms with Crippen LogP contribution in [-0.2, 0) is 11.8 Å². The molecule has 0 saturated carbocycles. The molecule has 0 nitrogen and oxygen atoms in total. The van der Waals surface area contributed by atoms with E-state index in [9.17, 15) is 0 Å².